The molecule has 4 rings (SSSR count). The predicted molar refractivity (Wildman–Crippen MR) is 185 cm³/mol. The summed E-state index contributed by atoms with van der Waals surface area (Å²) in [4.78, 5) is 27.4. The Morgan fingerprint density at radius 2 is 1.28 bits per heavy atom. The van der Waals surface area contributed by atoms with Gasteiger partial charge in [-0.3, -0.25) is 15.0 Å². The van der Waals surface area contributed by atoms with E-state index in [1.54, 1.807) is 54.6 Å². The van der Waals surface area contributed by atoms with Crippen LogP contribution >= 0.6 is 0 Å². The van der Waals surface area contributed by atoms with Crippen molar-refractivity contribution >= 4 is 27.7 Å². The molecule has 11 heteroatoms. The molecule has 47 heavy (non-hydrogen) atoms. The normalized spacial score (nSPS) is 12.5. The molecule has 4 aromatic carbocycles. The van der Waals surface area contributed by atoms with E-state index in [2.05, 4.69) is 15.4 Å². The van der Waals surface area contributed by atoms with Crippen LogP contribution in [0.25, 0.3) is 0 Å². The lowest BCUT2D eigenvalue weighted by Gasteiger charge is -2.24. The second-order valence-electron chi connectivity index (χ2n) is 11.4. The summed E-state index contributed by atoms with van der Waals surface area (Å²) in [5.74, 6) is -1.34. The Kier molecular flexibility index (Phi) is 12.8. The van der Waals surface area contributed by atoms with Crippen molar-refractivity contribution < 1.29 is 18.0 Å². The largest absolute Gasteiger partial charge is 0.384 e. The van der Waals surface area contributed by atoms with Gasteiger partial charge >= 0.3 is 0 Å². The van der Waals surface area contributed by atoms with Crippen LogP contribution in [0.15, 0.2) is 109 Å². The molecule has 2 atom stereocenters. The van der Waals surface area contributed by atoms with Gasteiger partial charge in [0.25, 0.3) is 0 Å². The van der Waals surface area contributed by atoms with Crippen molar-refractivity contribution in [3.05, 3.63) is 143 Å². The van der Waals surface area contributed by atoms with Gasteiger partial charge in [0.2, 0.25) is 21.8 Å². The molecule has 0 bridgehead atoms. The summed E-state index contributed by atoms with van der Waals surface area (Å²) in [5, 5.41) is 13.3. The maximum absolute atomic E-state index is 13.8. The first kappa shape index (κ1) is 35.0. The Labute approximate surface area is 276 Å². The highest BCUT2D eigenvalue weighted by Gasteiger charge is 2.29. The van der Waals surface area contributed by atoms with Gasteiger partial charge in [-0.25, -0.2) is 13.1 Å². The minimum atomic E-state index is -3.90. The van der Waals surface area contributed by atoms with Crippen molar-refractivity contribution in [1.82, 2.24) is 15.4 Å². The molecule has 246 valence electrons. The molecule has 0 aromatic heterocycles. The maximum atomic E-state index is 13.8. The van der Waals surface area contributed by atoms with E-state index in [0.29, 0.717) is 30.5 Å². The Morgan fingerprint density at radius 3 is 1.87 bits per heavy atom. The minimum absolute atomic E-state index is 0.0540. The molecular weight excluding hydrogens is 613 g/mol. The first-order chi connectivity index (χ1) is 22.6. The molecule has 0 aliphatic rings. The molecule has 0 aliphatic heterocycles. The van der Waals surface area contributed by atoms with Crippen molar-refractivity contribution in [3.8, 4) is 0 Å². The average molecular weight is 655 g/mol. The van der Waals surface area contributed by atoms with Gasteiger partial charge in [-0.2, -0.15) is 0 Å². The second kappa shape index (κ2) is 17.2. The molecule has 2 amide bonds. The fraction of sp³-hybridized carbons (Fsp3) is 0.250. The van der Waals surface area contributed by atoms with Crippen LogP contribution in [0.1, 0.15) is 46.2 Å². The number of sulfonamides is 1. The summed E-state index contributed by atoms with van der Waals surface area (Å²) in [6.07, 6.45) is 1.62. The molecule has 10 nitrogen and oxygen atoms in total. The van der Waals surface area contributed by atoms with Crippen LogP contribution in [0.4, 0.5) is 0 Å². The van der Waals surface area contributed by atoms with Gasteiger partial charge in [0, 0.05) is 25.1 Å². The summed E-state index contributed by atoms with van der Waals surface area (Å²) < 4.78 is 29.1. The highest BCUT2D eigenvalue weighted by atomic mass is 32.2. The van der Waals surface area contributed by atoms with Crippen LogP contribution in [0, 0.1) is 5.41 Å². The number of hydrogen-bond acceptors (Lipinski definition) is 6. The summed E-state index contributed by atoms with van der Waals surface area (Å²) in [5.41, 5.74) is 16.1. The molecule has 0 fully saturated rings. The third-order valence-corrected chi connectivity index (χ3v) is 9.06. The number of benzene rings is 4. The van der Waals surface area contributed by atoms with E-state index in [9.17, 15) is 18.0 Å². The minimum Gasteiger partial charge on any atom is -0.384 e. The van der Waals surface area contributed by atoms with Crippen molar-refractivity contribution in [1.29, 1.82) is 5.41 Å². The summed E-state index contributed by atoms with van der Waals surface area (Å²) in [6, 6.07) is 30.8. The molecule has 8 N–H and O–H groups in total. The zero-order valence-corrected chi connectivity index (χ0v) is 27.0. The molecule has 0 aliphatic carbocycles. The molecule has 0 spiro atoms. The van der Waals surface area contributed by atoms with Gasteiger partial charge in [-0.05, 0) is 47.1 Å². The van der Waals surface area contributed by atoms with Crippen LogP contribution in [0.3, 0.4) is 0 Å². The maximum Gasteiger partial charge on any atom is 0.243 e. The molecule has 0 radical (unpaired) electrons. The Hall–Kier alpha value is -4.84. The number of nitrogen functional groups attached to an aromatic ring is 1. The van der Waals surface area contributed by atoms with E-state index in [0.717, 1.165) is 22.3 Å². The quantitative estimate of drug-likeness (QED) is 0.0751. The number of aryl methyl sites for hydroxylation is 1. The topological polar surface area (TPSA) is 180 Å². The number of rotatable bonds is 17. The lowest BCUT2D eigenvalue weighted by molar-refractivity contribution is -0.130. The lowest BCUT2D eigenvalue weighted by atomic mass is 10.0. The lowest BCUT2D eigenvalue weighted by Crippen LogP contribution is -2.54. The standard InChI is InChI=1S/C36H42N6O4S/c37-23-28-16-14-27(15-17-28)22-33(35(43)40-24-29-18-20-31(21-19-29)34(38)39)41-36(44)32(13-7-12-26-8-3-1-4-9-26)42-47(45,46)25-30-10-5-2-6-11-30/h1-6,8-11,14-21,32-33,42H,7,12-13,22-25,37H2,(H3,38,39)(H,40,43)(H,41,44). The van der Waals surface area contributed by atoms with Gasteiger partial charge in [0.1, 0.15) is 17.9 Å². The average Bonchev–Trinajstić information content (AvgIpc) is 3.07. The first-order valence-electron chi connectivity index (χ1n) is 15.5. The van der Waals surface area contributed by atoms with Crippen LogP contribution in [-0.2, 0) is 51.3 Å². The molecule has 0 saturated carbocycles. The molecule has 0 saturated heterocycles. The number of hydrogen-bond donors (Lipinski definition) is 6. The van der Waals surface area contributed by atoms with E-state index in [1.165, 1.54) is 0 Å². The first-order valence-corrected chi connectivity index (χ1v) is 17.1. The third kappa shape index (κ3) is 11.5. The van der Waals surface area contributed by atoms with Crippen LogP contribution in [0.2, 0.25) is 0 Å². The van der Waals surface area contributed by atoms with Gasteiger partial charge in [0.05, 0.1) is 5.75 Å². The Bertz CT molecular complexity index is 1720. The Balaban J connectivity index is 1.52. The molecular formula is C36H42N6O4S. The number of nitrogens with two attached hydrogens (primary N) is 2. The smallest absolute Gasteiger partial charge is 0.243 e. The van der Waals surface area contributed by atoms with Crippen molar-refractivity contribution in [2.75, 3.05) is 0 Å². The van der Waals surface area contributed by atoms with Gasteiger partial charge < -0.3 is 22.1 Å². The third-order valence-electron chi connectivity index (χ3n) is 7.70. The highest BCUT2D eigenvalue weighted by Crippen LogP contribution is 2.13. The highest BCUT2D eigenvalue weighted by molar-refractivity contribution is 7.88. The van der Waals surface area contributed by atoms with Crippen molar-refractivity contribution in [3.63, 3.8) is 0 Å². The van der Waals surface area contributed by atoms with Gasteiger partial charge in [-0.15, -0.1) is 0 Å². The SMILES string of the molecule is N=C(N)c1ccc(CNC(=O)C(Cc2ccc(CN)cc2)NC(=O)C(CCCc2ccccc2)NS(=O)(=O)Cc2ccccc2)cc1. The van der Waals surface area contributed by atoms with E-state index >= 15 is 0 Å². The zero-order chi connectivity index (χ0) is 33.6. The number of carbonyl (C=O) groups excluding carboxylic acids is 2. The van der Waals surface area contributed by atoms with E-state index in [1.807, 2.05) is 54.6 Å². The van der Waals surface area contributed by atoms with Crippen LogP contribution in [0.5, 0.6) is 0 Å². The number of nitrogens with one attached hydrogen (secondary N) is 4. The zero-order valence-electron chi connectivity index (χ0n) is 26.2. The Morgan fingerprint density at radius 1 is 0.702 bits per heavy atom. The fourth-order valence-corrected chi connectivity index (χ4v) is 6.47. The number of amides is 2. The monoisotopic (exact) mass is 654 g/mol. The summed E-state index contributed by atoms with van der Waals surface area (Å²) in [6.45, 7) is 0.552. The summed E-state index contributed by atoms with van der Waals surface area (Å²) in [7, 11) is -3.90. The second-order valence-corrected chi connectivity index (χ2v) is 13.2. The van der Waals surface area contributed by atoms with Crippen LogP contribution in [-0.4, -0.2) is 38.2 Å². The predicted octanol–water partition coefficient (Wildman–Crippen LogP) is 3.28. The molecule has 2 unspecified atom stereocenters. The van der Waals surface area contributed by atoms with Gasteiger partial charge in [0.15, 0.2) is 0 Å². The van der Waals surface area contributed by atoms with E-state index in [-0.39, 0.29) is 31.0 Å². The fourth-order valence-electron chi connectivity index (χ4n) is 5.09. The van der Waals surface area contributed by atoms with E-state index < -0.39 is 33.9 Å². The molecule has 0 heterocycles. The summed E-state index contributed by atoms with van der Waals surface area (Å²) >= 11 is 0. The molecule has 4 aromatic rings. The van der Waals surface area contributed by atoms with Gasteiger partial charge in [-0.1, -0.05) is 109 Å². The van der Waals surface area contributed by atoms with Crippen LogP contribution < -0.4 is 26.8 Å². The van der Waals surface area contributed by atoms with Crippen molar-refractivity contribution in [2.24, 2.45) is 11.5 Å². The van der Waals surface area contributed by atoms with Crippen molar-refractivity contribution in [2.45, 2.75) is 56.6 Å². The van der Waals surface area contributed by atoms with E-state index in [4.69, 9.17) is 16.9 Å². The number of amidine groups is 1. The number of carbonyl (C=O) groups is 2.